The third-order valence-corrected chi connectivity index (χ3v) is 7.70. The molecule has 0 aliphatic carbocycles. The number of nitrogens with one attached hydrogen (secondary N) is 2. The van der Waals surface area contributed by atoms with Crippen LogP contribution >= 0.6 is 24.0 Å². The third kappa shape index (κ3) is 7.55. The van der Waals surface area contributed by atoms with Crippen molar-refractivity contribution in [3.8, 4) is 0 Å². The highest BCUT2D eigenvalue weighted by Crippen LogP contribution is 2.24. The molecule has 0 saturated carbocycles. The molecule has 1 fully saturated rings. The summed E-state index contributed by atoms with van der Waals surface area (Å²) < 4.78 is 38.1. The van der Waals surface area contributed by atoms with Crippen LogP contribution in [0.5, 0.6) is 0 Å². The minimum atomic E-state index is -3.21. The number of guanidine groups is 1. The van der Waals surface area contributed by atoms with Gasteiger partial charge in [-0.25, -0.2) is 12.8 Å². The number of sulfone groups is 1. The van der Waals surface area contributed by atoms with Crippen molar-refractivity contribution in [2.45, 2.75) is 58.2 Å². The molecular weight excluding hydrogens is 518 g/mol. The van der Waals surface area contributed by atoms with E-state index in [0.717, 1.165) is 24.9 Å². The van der Waals surface area contributed by atoms with Gasteiger partial charge in [-0.05, 0) is 65.2 Å². The molecule has 0 bridgehead atoms. The maximum absolute atomic E-state index is 14.3. The number of rotatable bonds is 6. The Kier molecular flexibility index (Phi) is 10.3. The predicted octanol–water partition coefficient (Wildman–Crippen LogP) is 3.49. The van der Waals surface area contributed by atoms with Gasteiger partial charge in [-0.15, -0.1) is 24.0 Å². The fourth-order valence-corrected chi connectivity index (χ4v) is 4.22. The molecule has 172 valence electrons. The maximum atomic E-state index is 14.3. The topological polar surface area (TPSA) is 73.8 Å². The average Bonchev–Trinajstić information content (AvgIpc) is 2.63. The van der Waals surface area contributed by atoms with Crippen molar-refractivity contribution >= 4 is 45.5 Å². The zero-order valence-electron chi connectivity index (χ0n) is 18.7. The fourth-order valence-electron chi connectivity index (χ4n) is 3.28. The number of anilines is 1. The Morgan fingerprint density at radius 1 is 1.33 bits per heavy atom. The van der Waals surface area contributed by atoms with Gasteiger partial charge in [-0.2, -0.15) is 0 Å². The molecule has 2 N–H and O–H groups in total. The number of aliphatic imine (C=N–C) groups is 1. The first-order valence-corrected chi connectivity index (χ1v) is 12.0. The van der Waals surface area contributed by atoms with Crippen molar-refractivity contribution in [2.24, 2.45) is 4.99 Å². The summed E-state index contributed by atoms with van der Waals surface area (Å²) in [6.07, 6.45) is 1.90. The van der Waals surface area contributed by atoms with E-state index < -0.39 is 14.6 Å². The fraction of sp³-hybridized carbons (Fsp3) is 0.667. The predicted molar refractivity (Wildman–Crippen MR) is 134 cm³/mol. The van der Waals surface area contributed by atoms with E-state index >= 15 is 0 Å². The van der Waals surface area contributed by atoms with Gasteiger partial charge in [0.1, 0.15) is 5.82 Å². The highest BCUT2D eigenvalue weighted by atomic mass is 127. The summed E-state index contributed by atoms with van der Waals surface area (Å²) in [5.74, 6) is 0.413. The quantitative estimate of drug-likeness (QED) is 0.320. The Labute approximate surface area is 198 Å². The summed E-state index contributed by atoms with van der Waals surface area (Å²) in [5, 5.41) is 6.58. The zero-order valence-corrected chi connectivity index (χ0v) is 21.8. The SMILES string of the molecule is CCNC(=NCCS(=O)(=O)C(C)(C)C)NC1CCCN(c2cc(C)ccc2F)C1.I. The van der Waals surface area contributed by atoms with E-state index in [1.54, 1.807) is 26.8 Å². The zero-order chi connectivity index (χ0) is 21.7. The van der Waals surface area contributed by atoms with Crippen LogP contribution in [0.1, 0.15) is 46.1 Å². The van der Waals surface area contributed by atoms with Gasteiger partial charge in [0, 0.05) is 25.7 Å². The Hall–Kier alpha value is -1.10. The van der Waals surface area contributed by atoms with Crippen LogP contribution in [0.2, 0.25) is 0 Å². The molecule has 1 atom stereocenters. The molecule has 1 heterocycles. The molecule has 0 amide bonds. The molecule has 0 radical (unpaired) electrons. The molecule has 1 aromatic rings. The lowest BCUT2D eigenvalue weighted by Gasteiger charge is -2.35. The highest BCUT2D eigenvalue weighted by molar-refractivity contribution is 14.0. The Morgan fingerprint density at radius 2 is 2.03 bits per heavy atom. The second kappa shape index (κ2) is 11.5. The van der Waals surface area contributed by atoms with Crippen LogP contribution in [0, 0.1) is 12.7 Å². The van der Waals surface area contributed by atoms with E-state index in [-0.39, 0.29) is 48.1 Å². The molecule has 9 heteroatoms. The number of halogens is 2. The summed E-state index contributed by atoms with van der Waals surface area (Å²) in [7, 11) is -3.21. The molecule has 6 nitrogen and oxygen atoms in total. The van der Waals surface area contributed by atoms with E-state index in [0.29, 0.717) is 24.7 Å². The van der Waals surface area contributed by atoms with Gasteiger partial charge < -0.3 is 15.5 Å². The number of hydrogen-bond donors (Lipinski definition) is 2. The molecule has 2 rings (SSSR count). The van der Waals surface area contributed by atoms with Crippen LogP contribution in [0.4, 0.5) is 10.1 Å². The van der Waals surface area contributed by atoms with E-state index in [9.17, 15) is 12.8 Å². The minimum absolute atomic E-state index is 0. The van der Waals surface area contributed by atoms with Gasteiger partial charge in [0.15, 0.2) is 15.8 Å². The molecule has 1 unspecified atom stereocenters. The minimum Gasteiger partial charge on any atom is -0.367 e. The van der Waals surface area contributed by atoms with Gasteiger partial charge in [0.25, 0.3) is 0 Å². The van der Waals surface area contributed by atoms with Crippen LogP contribution in [0.15, 0.2) is 23.2 Å². The van der Waals surface area contributed by atoms with E-state index in [4.69, 9.17) is 0 Å². The van der Waals surface area contributed by atoms with Crippen LogP contribution < -0.4 is 15.5 Å². The monoisotopic (exact) mass is 554 g/mol. The largest absolute Gasteiger partial charge is 0.367 e. The van der Waals surface area contributed by atoms with Crippen LogP contribution in [0.3, 0.4) is 0 Å². The maximum Gasteiger partial charge on any atom is 0.191 e. The van der Waals surface area contributed by atoms with Crippen molar-refractivity contribution in [3.05, 3.63) is 29.6 Å². The number of piperidine rings is 1. The molecule has 1 saturated heterocycles. The van der Waals surface area contributed by atoms with Crippen molar-refractivity contribution in [3.63, 3.8) is 0 Å². The molecule has 1 aliphatic rings. The highest BCUT2D eigenvalue weighted by Gasteiger charge is 2.28. The van der Waals surface area contributed by atoms with Crippen LogP contribution in [-0.4, -0.2) is 57.1 Å². The van der Waals surface area contributed by atoms with Gasteiger partial charge in [-0.3, -0.25) is 4.99 Å². The summed E-state index contributed by atoms with van der Waals surface area (Å²) in [6, 6.07) is 5.29. The number of benzene rings is 1. The molecule has 1 aliphatic heterocycles. The van der Waals surface area contributed by atoms with Crippen molar-refractivity contribution in [1.29, 1.82) is 0 Å². The van der Waals surface area contributed by atoms with E-state index in [1.807, 2.05) is 19.9 Å². The summed E-state index contributed by atoms with van der Waals surface area (Å²) in [4.78, 5) is 6.52. The Morgan fingerprint density at radius 3 is 2.67 bits per heavy atom. The first-order valence-electron chi connectivity index (χ1n) is 10.3. The number of nitrogens with zero attached hydrogens (tertiary/aromatic N) is 2. The molecule has 30 heavy (non-hydrogen) atoms. The van der Waals surface area contributed by atoms with E-state index in [1.165, 1.54) is 6.07 Å². The average molecular weight is 555 g/mol. The second-order valence-electron chi connectivity index (χ2n) is 8.58. The second-order valence-corrected chi connectivity index (χ2v) is 11.4. The lowest BCUT2D eigenvalue weighted by molar-refractivity contribution is 0.463. The lowest BCUT2D eigenvalue weighted by Crippen LogP contribution is -2.51. The van der Waals surface area contributed by atoms with E-state index in [2.05, 4.69) is 20.5 Å². The molecule has 0 aromatic heterocycles. The van der Waals surface area contributed by atoms with Gasteiger partial charge in [-0.1, -0.05) is 6.07 Å². The normalized spacial score (nSPS) is 18.0. The number of aryl methyl sites for hydroxylation is 1. The van der Waals surface area contributed by atoms with Gasteiger partial charge >= 0.3 is 0 Å². The summed E-state index contributed by atoms with van der Waals surface area (Å²) in [6.45, 7) is 11.4. The van der Waals surface area contributed by atoms with Crippen molar-refractivity contribution < 1.29 is 12.8 Å². The van der Waals surface area contributed by atoms with Crippen molar-refractivity contribution in [1.82, 2.24) is 10.6 Å². The first-order chi connectivity index (χ1) is 13.5. The first kappa shape index (κ1) is 26.9. The Bertz CT molecular complexity index is 825. The molecule has 0 spiro atoms. The standard InChI is InChI=1S/C21H35FN4O2S.HI/c1-6-23-20(24-11-13-29(27,28)21(3,4)5)25-17-8-7-12-26(15-17)19-14-16(2)9-10-18(19)22;/h9-10,14,17H,6-8,11-13,15H2,1-5H3,(H2,23,24,25);1H. The summed E-state index contributed by atoms with van der Waals surface area (Å²) in [5.41, 5.74) is 1.67. The van der Waals surface area contributed by atoms with Crippen LogP contribution in [0.25, 0.3) is 0 Å². The van der Waals surface area contributed by atoms with Crippen molar-refractivity contribution in [2.75, 3.05) is 36.8 Å². The molecule has 1 aromatic carbocycles. The third-order valence-electron chi connectivity index (χ3n) is 5.11. The van der Waals surface area contributed by atoms with Crippen LogP contribution in [-0.2, 0) is 9.84 Å². The van der Waals surface area contributed by atoms with Gasteiger partial charge in [0.05, 0.1) is 22.7 Å². The summed E-state index contributed by atoms with van der Waals surface area (Å²) >= 11 is 0. The van der Waals surface area contributed by atoms with Gasteiger partial charge in [0.2, 0.25) is 0 Å². The smallest absolute Gasteiger partial charge is 0.191 e. The lowest BCUT2D eigenvalue weighted by atomic mass is 10.0. The Balaban J connectivity index is 0.00000450. The number of hydrogen-bond acceptors (Lipinski definition) is 4. The molecular formula is C21H36FIN4O2S.